The number of halogens is 1. The van der Waals surface area contributed by atoms with Crippen LogP contribution in [0.5, 0.6) is 0 Å². The van der Waals surface area contributed by atoms with Crippen molar-refractivity contribution in [2.75, 3.05) is 17.7 Å². The molecule has 0 radical (unpaired) electrons. The van der Waals surface area contributed by atoms with E-state index in [1.807, 2.05) is 0 Å². The lowest BCUT2D eigenvalue weighted by atomic mass is 10.2. The third kappa shape index (κ3) is 4.27. The maximum atomic E-state index is 12.3. The van der Waals surface area contributed by atoms with E-state index in [2.05, 4.69) is 15.0 Å². The summed E-state index contributed by atoms with van der Waals surface area (Å²) in [5.41, 5.74) is 0.565. The van der Waals surface area contributed by atoms with E-state index in [-0.39, 0.29) is 22.0 Å². The van der Waals surface area contributed by atoms with E-state index in [9.17, 15) is 19.7 Å². The zero-order valence-corrected chi connectivity index (χ0v) is 15.6. The fourth-order valence-corrected chi connectivity index (χ4v) is 2.91. The number of nitrogens with one attached hydrogen (secondary N) is 2. The van der Waals surface area contributed by atoms with Crippen LogP contribution in [-0.4, -0.2) is 34.3 Å². The number of hydrogen-bond donors (Lipinski definition) is 2. The Balaban J connectivity index is 2.11. The highest BCUT2D eigenvalue weighted by molar-refractivity contribution is 7.10. The second-order valence-corrected chi connectivity index (χ2v) is 6.36. The zero-order valence-electron chi connectivity index (χ0n) is 14.0. The smallest absolute Gasteiger partial charge is 0.343 e. The summed E-state index contributed by atoms with van der Waals surface area (Å²) in [7, 11) is 1.64. The number of esters is 1. The first kappa shape index (κ1) is 19.6. The van der Waals surface area contributed by atoms with Gasteiger partial charge < -0.3 is 15.4 Å². The minimum absolute atomic E-state index is 0.0538. The molecule has 0 spiro atoms. The number of amides is 1. The minimum Gasteiger partial charge on any atom is -0.449 e. The number of ether oxygens (including phenoxy) is 1. The van der Waals surface area contributed by atoms with Gasteiger partial charge in [0.25, 0.3) is 11.6 Å². The van der Waals surface area contributed by atoms with Gasteiger partial charge in [-0.1, -0.05) is 11.6 Å². The van der Waals surface area contributed by atoms with Crippen molar-refractivity contribution in [3.05, 3.63) is 44.6 Å². The van der Waals surface area contributed by atoms with Gasteiger partial charge in [0.1, 0.15) is 10.6 Å². The summed E-state index contributed by atoms with van der Waals surface area (Å²) >= 11 is 7.04. The number of aromatic nitrogens is 1. The van der Waals surface area contributed by atoms with Crippen molar-refractivity contribution in [2.45, 2.75) is 20.0 Å². The van der Waals surface area contributed by atoms with Crippen LogP contribution < -0.4 is 10.6 Å². The van der Waals surface area contributed by atoms with Crippen LogP contribution in [-0.2, 0) is 9.53 Å². The number of benzene rings is 1. The molecule has 1 atom stereocenters. The van der Waals surface area contributed by atoms with Crippen molar-refractivity contribution in [1.82, 2.24) is 4.37 Å². The maximum Gasteiger partial charge on any atom is 0.343 e. The lowest BCUT2D eigenvalue weighted by Gasteiger charge is -2.14. The minimum atomic E-state index is -1.15. The first-order chi connectivity index (χ1) is 12.2. The Morgan fingerprint density at radius 3 is 2.73 bits per heavy atom. The molecule has 1 aromatic heterocycles. The van der Waals surface area contributed by atoms with Gasteiger partial charge in [-0.2, -0.15) is 4.37 Å². The molecule has 2 rings (SSSR count). The second kappa shape index (κ2) is 8.11. The topological polar surface area (TPSA) is 123 Å². The van der Waals surface area contributed by atoms with Crippen molar-refractivity contribution >= 4 is 51.4 Å². The molecule has 0 saturated carbocycles. The Labute approximate surface area is 157 Å². The Morgan fingerprint density at radius 1 is 1.42 bits per heavy atom. The molecule has 0 fully saturated rings. The fraction of sp³-hybridized carbons (Fsp3) is 0.267. The number of anilines is 2. The summed E-state index contributed by atoms with van der Waals surface area (Å²) in [5, 5.41) is 16.7. The molecule has 0 unspecified atom stereocenters. The van der Waals surface area contributed by atoms with Gasteiger partial charge in [0.05, 0.1) is 21.3 Å². The van der Waals surface area contributed by atoms with Crippen LogP contribution in [0, 0.1) is 17.0 Å². The lowest BCUT2D eigenvalue weighted by molar-refractivity contribution is -0.384. The highest BCUT2D eigenvalue weighted by Gasteiger charge is 2.25. The molecule has 11 heteroatoms. The molecular weight excluding hydrogens is 384 g/mol. The molecule has 0 bridgehead atoms. The van der Waals surface area contributed by atoms with Gasteiger partial charge >= 0.3 is 5.97 Å². The van der Waals surface area contributed by atoms with E-state index in [0.717, 1.165) is 17.6 Å². The second-order valence-electron chi connectivity index (χ2n) is 5.18. The Hall–Kier alpha value is -2.72. The number of hydrogen-bond acceptors (Lipinski definition) is 8. The fourth-order valence-electron chi connectivity index (χ4n) is 2.01. The first-order valence-corrected chi connectivity index (χ1v) is 8.49. The number of nitrogens with zero attached hydrogens (tertiary/aromatic N) is 2. The largest absolute Gasteiger partial charge is 0.449 e. The Bertz CT molecular complexity index is 870. The number of rotatable bonds is 6. The third-order valence-electron chi connectivity index (χ3n) is 3.37. The van der Waals surface area contributed by atoms with Gasteiger partial charge in [-0.3, -0.25) is 14.9 Å². The summed E-state index contributed by atoms with van der Waals surface area (Å²) in [4.78, 5) is 34.8. The molecule has 0 aliphatic rings. The number of nitro groups is 1. The lowest BCUT2D eigenvalue weighted by Crippen LogP contribution is -2.30. The summed E-state index contributed by atoms with van der Waals surface area (Å²) in [6.45, 7) is 3.04. The van der Waals surface area contributed by atoms with E-state index >= 15 is 0 Å². The van der Waals surface area contributed by atoms with Crippen LogP contribution in [0.15, 0.2) is 18.2 Å². The molecular formula is C15H15ClN4O5S. The third-order valence-corrected chi connectivity index (χ3v) is 4.65. The van der Waals surface area contributed by atoms with Gasteiger partial charge in [0, 0.05) is 19.2 Å². The van der Waals surface area contributed by atoms with E-state index in [1.54, 1.807) is 14.0 Å². The van der Waals surface area contributed by atoms with E-state index in [1.165, 1.54) is 19.1 Å². The standard InChI is InChI=1S/C15H15ClN4O5S/c1-7-12(14(17-3)26-19-7)15(22)25-8(2)13(21)18-11-6-9(20(23)24)4-5-10(11)16/h4-6,8,17H,1-3H3,(H,18,21)/t8-/m1/s1. The van der Waals surface area contributed by atoms with Crippen LogP contribution in [0.4, 0.5) is 16.4 Å². The van der Waals surface area contributed by atoms with Gasteiger partial charge in [0.2, 0.25) is 0 Å². The van der Waals surface area contributed by atoms with Crippen LogP contribution >= 0.6 is 23.1 Å². The molecule has 1 amide bonds. The van der Waals surface area contributed by atoms with E-state index in [4.69, 9.17) is 16.3 Å². The molecule has 138 valence electrons. The van der Waals surface area contributed by atoms with E-state index < -0.39 is 22.9 Å². The van der Waals surface area contributed by atoms with Crippen LogP contribution in [0.1, 0.15) is 23.0 Å². The van der Waals surface area contributed by atoms with Crippen molar-refractivity contribution < 1.29 is 19.2 Å². The van der Waals surface area contributed by atoms with Gasteiger partial charge in [-0.25, -0.2) is 4.79 Å². The van der Waals surface area contributed by atoms with Crippen molar-refractivity contribution in [1.29, 1.82) is 0 Å². The van der Waals surface area contributed by atoms with E-state index in [0.29, 0.717) is 10.7 Å². The SMILES string of the molecule is CNc1snc(C)c1C(=O)O[C@H](C)C(=O)Nc1cc([N+](=O)[O-])ccc1Cl. The monoisotopic (exact) mass is 398 g/mol. The van der Waals surface area contributed by atoms with Gasteiger partial charge in [0.15, 0.2) is 6.10 Å². The Kier molecular flexibility index (Phi) is 6.11. The van der Waals surface area contributed by atoms with Gasteiger partial charge in [-0.15, -0.1) is 0 Å². The van der Waals surface area contributed by atoms with Crippen molar-refractivity contribution in [2.24, 2.45) is 0 Å². The molecule has 1 heterocycles. The quantitative estimate of drug-likeness (QED) is 0.434. The first-order valence-electron chi connectivity index (χ1n) is 7.34. The average molecular weight is 399 g/mol. The molecule has 0 aliphatic carbocycles. The maximum absolute atomic E-state index is 12.3. The predicted octanol–water partition coefficient (Wildman–Crippen LogP) is 3.24. The summed E-state index contributed by atoms with van der Waals surface area (Å²) in [6.07, 6.45) is -1.15. The summed E-state index contributed by atoms with van der Waals surface area (Å²) in [6, 6.07) is 3.64. The van der Waals surface area contributed by atoms with Crippen LogP contribution in [0.2, 0.25) is 5.02 Å². The zero-order chi connectivity index (χ0) is 19.4. The summed E-state index contributed by atoms with van der Waals surface area (Å²) < 4.78 is 9.23. The Morgan fingerprint density at radius 2 is 2.12 bits per heavy atom. The number of non-ortho nitro benzene ring substituents is 1. The van der Waals surface area contributed by atoms with Gasteiger partial charge in [-0.05, 0) is 31.4 Å². The molecule has 1 aromatic carbocycles. The molecule has 0 saturated heterocycles. The number of nitro benzene ring substituents is 1. The number of carbonyl (C=O) groups is 2. The van der Waals surface area contributed by atoms with Crippen molar-refractivity contribution in [3.63, 3.8) is 0 Å². The predicted molar refractivity (Wildman–Crippen MR) is 98.0 cm³/mol. The highest BCUT2D eigenvalue weighted by Crippen LogP contribution is 2.28. The molecule has 2 N–H and O–H groups in total. The van der Waals surface area contributed by atoms with Crippen molar-refractivity contribution in [3.8, 4) is 0 Å². The number of aryl methyl sites for hydroxylation is 1. The highest BCUT2D eigenvalue weighted by atomic mass is 35.5. The summed E-state index contributed by atoms with van der Waals surface area (Å²) in [5.74, 6) is -1.37. The number of carbonyl (C=O) groups excluding carboxylic acids is 2. The molecule has 0 aliphatic heterocycles. The molecule has 2 aromatic rings. The van der Waals surface area contributed by atoms with Crippen LogP contribution in [0.25, 0.3) is 0 Å². The average Bonchev–Trinajstić information content (AvgIpc) is 2.97. The molecule has 26 heavy (non-hydrogen) atoms. The molecule has 9 nitrogen and oxygen atoms in total. The van der Waals surface area contributed by atoms with Crippen LogP contribution in [0.3, 0.4) is 0 Å². The normalized spacial score (nSPS) is 11.5.